The molecular weight excluding hydrogens is 602 g/mol. The average molecular weight is 632 g/mol. The summed E-state index contributed by atoms with van der Waals surface area (Å²) in [5.41, 5.74) is 5.99. The van der Waals surface area contributed by atoms with E-state index in [-0.39, 0.29) is 38.1 Å². The molecule has 0 aliphatic heterocycles. The normalized spacial score (nSPS) is 12.3. The minimum absolute atomic E-state index is 0.0674. The van der Waals surface area contributed by atoms with Crippen LogP contribution in [0.1, 0.15) is 29.2 Å². The van der Waals surface area contributed by atoms with Crippen LogP contribution in [0.25, 0.3) is 22.0 Å². The van der Waals surface area contributed by atoms with E-state index in [1.54, 1.807) is 19.1 Å². The van der Waals surface area contributed by atoms with Crippen molar-refractivity contribution in [1.82, 2.24) is 14.6 Å². The molecule has 6 rings (SSSR count). The predicted octanol–water partition coefficient (Wildman–Crippen LogP) is 7.42. The second kappa shape index (κ2) is 12.7. The van der Waals surface area contributed by atoms with Crippen LogP contribution in [0.15, 0.2) is 84.9 Å². The molecule has 1 aliphatic rings. The van der Waals surface area contributed by atoms with Gasteiger partial charge in [0, 0.05) is 43.8 Å². The highest BCUT2D eigenvalue weighted by Gasteiger charge is 2.30. The zero-order valence-electron chi connectivity index (χ0n) is 25.0. The Hall–Kier alpha value is -5.16. The minimum atomic E-state index is -2.06. The fourth-order valence-electron chi connectivity index (χ4n) is 5.83. The summed E-state index contributed by atoms with van der Waals surface area (Å²) >= 11 is 0. The Bertz CT molecular complexity index is 1910. The van der Waals surface area contributed by atoms with Gasteiger partial charge in [-0.3, -0.25) is 4.79 Å². The molecule has 0 atom stereocenters. The number of halogens is 4. The number of amides is 1. The zero-order valence-corrected chi connectivity index (χ0v) is 25.0. The Morgan fingerprint density at radius 3 is 2.13 bits per heavy atom. The van der Waals surface area contributed by atoms with Gasteiger partial charge in [0.15, 0.2) is 17.4 Å². The van der Waals surface area contributed by atoms with Crippen LogP contribution in [0.4, 0.5) is 22.4 Å². The molecule has 1 heterocycles. The number of nitrogens with zero attached hydrogens (tertiary/aromatic N) is 3. The highest BCUT2D eigenvalue weighted by atomic mass is 19.2. The van der Waals surface area contributed by atoms with Crippen molar-refractivity contribution >= 4 is 23.0 Å². The third kappa shape index (κ3) is 5.81. The van der Waals surface area contributed by atoms with Crippen molar-refractivity contribution in [3.05, 3.63) is 125 Å². The molecule has 1 aliphatic carbocycles. The molecule has 0 fully saturated rings. The topological polar surface area (TPSA) is 64.0 Å². The number of hydrogen-bond acceptors (Lipinski definition) is 5. The molecule has 5 aromatic rings. The fourth-order valence-corrected chi connectivity index (χ4v) is 5.83. The van der Waals surface area contributed by atoms with E-state index >= 15 is 0 Å². The predicted molar refractivity (Wildman–Crippen MR) is 163 cm³/mol. The van der Waals surface area contributed by atoms with Crippen LogP contribution in [0.3, 0.4) is 0 Å². The summed E-state index contributed by atoms with van der Waals surface area (Å²) in [6.45, 7) is 0.473. The van der Waals surface area contributed by atoms with Gasteiger partial charge in [-0.15, -0.1) is 0 Å². The van der Waals surface area contributed by atoms with Gasteiger partial charge in [-0.05, 0) is 39.8 Å². The second-order valence-corrected chi connectivity index (χ2v) is 11.0. The Morgan fingerprint density at radius 2 is 1.43 bits per heavy atom. The number of esters is 1. The number of benzene rings is 4. The smallest absolute Gasteiger partial charge is 0.424 e. The summed E-state index contributed by atoms with van der Waals surface area (Å²) in [6, 6.07) is 25.8. The third-order valence-corrected chi connectivity index (χ3v) is 8.23. The summed E-state index contributed by atoms with van der Waals surface area (Å²) in [5.74, 6) is -9.63. The largest absolute Gasteiger partial charge is 0.447 e. The van der Waals surface area contributed by atoms with Crippen LogP contribution in [-0.4, -0.2) is 47.3 Å². The molecule has 0 saturated heterocycles. The first-order valence-electron chi connectivity index (χ1n) is 14.5. The number of carbonyl (C=O) groups is 2. The number of aromatic nitrogens is 1. The SMILES string of the molecule is CN(Cc1cc2ccccc2n1CCC(=O)Oc1cc(F)c(F)c(F)c1F)N(C)C(=O)OCC1c2ccccc2-c2ccccc21. The molecule has 1 aromatic heterocycles. The maximum absolute atomic E-state index is 14.0. The Kier molecular flexibility index (Phi) is 8.50. The Morgan fingerprint density at radius 1 is 0.804 bits per heavy atom. The first kappa shape index (κ1) is 30.8. The van der Waals surface area contributed by atoms with Crippen molar-refractivity contribution in [2.75, 3.05) is 20.7 Å². The summed E-state index contributed by atoms with van der Waals surface area (Å²) in [7, 11) is 3.32. The molecule has 0 N–H and O–H groups in total. The van der Waals surface area contributed by atoms with E-state index in [1.165, 1.54) is 5.01 Å². The Balaban J connectivity index is 1.13. The summed E-state index contributed by atoms with van der Waals surface area (Å²) in [6.07, 6.45) is -0.839. The zero-order chi connectivity index (χ0) is 32.5. The van der Waals surface area contributed by atoms with Crippen molar-refractivity contribution in [2.24, 2.45) is 0 Å². The van der Waals surface area contributed by atoms with Gasteiger partial charge in [0.2, 0.25) is 11.6 Å². The van der Waals surface area contributed by atoms with Crippen LogP contribution in [0.2, 0.25) is 0 Å². The van der Waals surface area contributed by atoms with E-state index < -0.39 is 41.1 Å². The van der Waals surface area contributed by atoms with Crippen LogP contribution < -0.4 is 4.74 Å². The van der Waals surface area contributed by atoms with Crippen molar-refractivity contribution in [3.63, 3.8) is 0 Å². The number of para-hydroxylation sites is 1. The van der Waals surface area contributed by atoms with E-state index in [1.807, 2.05) is 71.3 Å². The first-order valence-corrected chi connectivity index (χ1v) is 14.5. The molecule has 0 radical (unpaired) electrons. The molecule has 236 valence electrons. The highest BCUT2D eigenvalue weighted by molar-refractivity contribution is 5.82. The molecule has 0 bridgehead atoms. The van der Waals surface area contributed by atoms with Gasteiger partial charge in [-0.2, -0.15) is 4.39 Å². The number of carbonyl (C=O) groups excluding carboxylic acids is 2. The van der Waals surface area contributed by atoms with Crippen molar-refractivity contribution < 1.29 is 36.6 Å². The van der Waals surface area contributed by atoms with E-state index in [2.05, 4.69) is 12.1 Å². The van der Waals surface area contributed by atoms with Crippen LogP contribution in [0, 0.1) is 23.3 Å². The maximum atomic E-state index is 14.0. The van der Waals surface area contributed by atoms with Gasteiger partial charge in [-0.1, -0.05) is 66.7 Å². The van der Waals surface area contributed by atoms with E-state index in [4.69, 9.17) is 9.47 Å². The molecule has 1 amide bonds. The maximum Gasteiger partial charge on any atom is 0.424 e. The summed E-state index contributed by atoms with van der Waals surface area (Å²) < 4.78 is 67.0. The molecule has 46 heavy (non-hydrogen) atoms. The number of ether oxygens (including phenoxy) is 2. The van der Waals surface area contributed by atoms with Crippen LogP contribution in [0.5, 0.6) is 5.75 Å². The molecule has 11 heteroatoms. The molecule has 4 aromatic carbocycles. The lowest BCUT2D eigenvalue weighted by Crippen LogP contribution is -2.41. The number of rotatable bonds is 9. The standard InChI is InChI=1S/C35H29F4N3O4/c1-40(41(2)35(44)45-20-27-25-12-6-4-10-23(25)24-11-5-7-13-26(24)27)19-22-17-21-9-3-8-14-29(21)42(22)16-15-31(43)46-30-18-28(36)32(37)34(39)33(30)38/h3-14,17-18,27H,15-16,19-20H2,1-2H3. The quantitative estimate of drug-likeness (QED) is 0.0423. The first-order chi connectivity index (χ1) is 22.1. The highest BCUT2D eigenvalue weighted by Crippen LogP contribution is 2.44. The summed E-state index contributed by atoms with van der Waals surface area (Å²) in [5, 5.41) is 3.90. The number of aryl methyl sites for hydroxylation is 1. The van der Waals surface area contributed by atoms with Gasteiger partial charge in [0.1, 0.15) is 6.61 Å². The molecule has 7 nitrogen and oxygen atoms in total. The fraction of sp³-hybridized carbons (Fsp3) is 0.200. The van der Waals surface area contributed by atoms with Crippen molar-refractivity contribution in [3.8, 4) is 16.9 Å². The molecule has 0 unspecified atom stereocenters. The van der Waals surface area contributed by atoms with Crippen molar-refractivity contribution in [2.45, 2.75) is 25.4 Å². The summed E-state index contributed by atoms with van der Waals surface area (Å²) in [4.78, 5) is 25.7. The Labute approximate surface area is 262 Å². The van der Waals surface area contributed by atoms with Crippen LogP contribution >= 0.6 is 0 Å². The lowest BCUT2D eigenvalue weighted by molar-refractivity contribution is -0.134. The van der Waals surface area contributed by atoms with Gasteiger partial charge in [0.05, 0.1) is 13.0 Å². The van der Waals surface area contributed by atoms with Gasteiger partial charge in [0.25, 0.3) is 0 Å². The third-order valence-electron chi connectivity index (χ3n) is 8.23. The van der Waals surface area contributed by atoms with Gasteiger partial charge < -0.3 is 14.0 Å². The second-order valence-electron chi connectivity index (χ2n) is 11.0. The van der Waals surface area contributed by atoms with E-state index in [9.17, 15) is 27.2 Å². The number of fused-ring (bicyclic) bond motifs is 4. The average Bonchev–Trinajstić information content (AvgIpc) is 3.58. The van der Waals surface area contributed by atoms with E-state index in [0.717, 1.165) is 38.9 Å². The van der Waals surface area contributed by atoms with Gasteiger partial charge in [-0.25, -0.2) is 28.0 Å². The van der Waals surface area contributed by atoms with Crippen LogP contribution in [-0.2, 0) is 22.6 Å². The minimum Gasteiger partial charge on any atom is -0.447 e. The number of hydrazine groups is 1. The molecular formula is C35H29F4N3O4. The van der Waals surface area contributed by atoms with E-state index in [0.29, 0.717) is 0 Å². The monoisotopic (exact) mass is 631 g/mol. The van der Waals surface area contributed by atoms with Crippen molar-refractivity contribution in [1.29, 1.82) is 0 Å². The molecule has 0 saturated carbocycles. The van der Waals surface area contributed by atoms with Gasteiger partial charge >= 0.3 is 12.1 Å². The molecule has 0 spiro atoms. The number of hydrogen-bond donors (Lipinski definition) is 0. The lowest BCUT2D eigenvalue weighted by Gasteiger charge is -2.28. The lowest BCUT2D eigenvalue weighted by atomic mass is 9.98.